The predicted octanol–water partition coefficient (Wildman–Crippen LogP) is 3.99. The van der Waals surface area contributed by atoms with Crippen molar-refractivity contribution in [3.63, 3.8) is 0 Å². The van der Waals surface area contributed by atoms with Crippen molar-refractivity contribution in [1.82, 2.24) is 4.41 Å². The smallest absolute Gasteiger partial charge is 0.265 e. The summed E-state index contributed by atoms with van der Waals surface area (Å²) in [5.41, 5.74) is 4.14. The summed E-state index contributed by atoms with van der Waals surface area (Å²) in [6.45, 7) is 0. The summed E-state index contributed by atoms with van der Waals surface area (Å²) in [6.07, 6.45) is 3.80. The Balaban J connectivity index is 1.33. The van der Waals surface area contributed by atoms with E-state index in [-0.39, 0.29) is 28.0 Å². The van der Waals surface area contributed by atoms with Crippen molar-refractivity contribution in [2.75, 3.05) is 5.32 Å². The number of amides is 1. The first-order chi connectivity index (χ1) is 15.9. The molecule has 1 saturated carbocycles. The molecule has 1 heterocycles. The molecule has 1 fully saturated rings. The van der Waals surface area contributed by atoms with E-state index in [1.807, 2.05) is 42.5 Å². The van der Waals surface area contributed by atoms with E-state index < -0.39 is 10.0 Å². The van der Waals surface area contributed by atoms with Crippen LogP contribution in [0.2, 0.25) is 0 Å². The molecule has 172 valence electrons. The molecular weight excluding hydrogens is 454 g/mol. The number of hydrogen-bond donors (Lipinski definition) is 2. The van der Waals surface area contributed by atoms with Gasteiger partial charge in [-0.05, 0) is 77.8 Å². The Kier molecular flexibility index (Phi) is 6.09. The second-order valence-corrected chi connectivity index (χ2v) is 12.0. The van der Waals surface area contributed by atoms with Crippen LogP contribution < -0.4 is 11.2 Å². The number of carbonyl (C=O) groups excluding carboxylic acids is 1. The summed E-state index contributed by atoms with van der Waals surface area (Å²) in [5, 5.41) is 4.77. The molecule has 2 aromatic carbocycles. The SMILES string of the molecule is NN([C@@H]1C2CC[C@H]1Cc1cc(NC(=O)Cc3ccccc3)ccc1C2)S(=O)(=O)c1cccs1. The molecule has 2 bridgehead atoms. The van der Waals surface area contributed by atoms with Crippen LogP contribution >= 0.6 is 11.3 Å². The van der Waals surface area contributed by atoms with Gasteiger partial charge < -0.3 is 5.32 Å². The fourth-order valence-corrected chi connectivity index (χ4v) is 7.82. The van der Waals surface area contributed by atoms with Crippen molar-refractivity contribution < 1.29 is 13.2 Å². The molecule has 3 N–H and O–H groups in total. The zero-order chi connectivity index (χ0) is 23.0. The Morgan fingerprint density at radius 3 is 2.42 bits per heavy atom. The van der Waals surface area contributed by atoms with Gasteiger partial charge in [0.25, 0.3) is 10.0 Å². The van der Waals surface area contributed by atoms with Crippen LogP contribution in [0.25, 0.3) is 0 Å². The third-order valence-electron chi connectivity index (χ3n) is 6.86. The van der Waals surface area contributed by atoms with Gasteiger partial charge in [-0.2, -0.15) is 0 Å². The molecule has 1 amide bonds. The lowest BCUT2D eigenvalue weighted by Crippen LogP contribution is -2.50. The van der Waals surface area contributed by atoms with E-state index in [0.717, 1.165) is 41.3 Å². The average Bonchev–Trinajstić information content (AvgIpc) is 3.43. The van der Waals surface area contributed by atoms with Crippen molar-refractivity contribution >= 4 is 33.0 Å². The minimum atomic E-state index is -3.71. The number of nitrogens with one attached hydrogen (secondary N) is 1. The zero-order valence-electron chi connectivity index (χ0n) is 18.2. The Hall–Kier alpha value is -2.52. The topological polar surface area (TPSA) is 92.5 Å². The number of fused-ring (bicyclic) bond motifs is 3. The molecule has 2 aliphatic rings. The van der Waals surface area contributed by atoms with E-state index in [1.54, 1.807) is 17.5 Å². The van der Waals surface area contributed by atoms with Gasteiger partial charge in [-0.15, -0.1) is 15.8 Å². The first kappa shape index (κ1) is 22.3. The molecule has 33 heavy (non-hydrogen) atoms. The quantitative estimate of drug-likeness (QED) is 0.411. The average molecular weight is 482 g/mol. The first-order valence-corrected chi connectivity index (χ1v) is 13.5. The van der Waals surface area contributed by atoms with E-state index in [9.17, 15) is 13.2 Å². The fraction of sp³-hybridized carbons (Fsp3) is 0.320. The molecule has 3 atom stereocenters. The van der Waals surface area contributed by atoms with Crippen molar-refractivity contribution in [3.05, 3.63) is 82.7 Å². The lowest BCUT2D eigenvalue weighted by Gasteiger charge is -2.30. The van der Waals surface area contributed by atoms with Crippen molar-refractivity contribution in [2.45, 2.75) is 42.4 Å². The van der Waals surface area contributed by atoms with Gasteiger partial charge in [0, 0.05) is 11.7 Å². The van der Waals surface area contributed by atoms with E-state index in [1.165, 1.54) is 22.5 Å². The number of hydrogen-bond acceptors (Lipinski definition) is 5. The van der Waals surface area contributed by atoms with Crippen molar-refractivity contribution in [1.29, 1.82) is 0 Å². The van der Waals surface area contributed by atoms with Crippen LogP contribution in [0.4, 0.5) is 5.69 Å². The van der Waals surface area contributed by atoms with Crippen LogP contribution in [0, 0.1) is 11.8 Å². The van der Waals surface area contributed by atoms with Gasteiger partial charge in [-0.3, -0.25) is 10.6 Å². The highest BCUT2D eigenvalue weighted by molar-refractivity contribution is 7.91. The van der Waals surface area contributed by atoms with E-state index >= 15 is 0 Å². The number of rotatable bonds is 6. The maximum absolute atomic E-state index is 13.1. The molecular formula is C25H27N3O3S2. The summed E-state index contributed by atoms with van der Waals surface area (Å²) >= 11 is 1.20. The van der Waals surface area contributed by atoms with Crippen LogP contribution in [0.1, 0.15) is 29.5 Å². The molecule has 0 saturated heterocycles. The second kappa shape index (κ2) is 9.02. The van der Waals surface area contributed by atoms with Gasteiger partial charge in [0.1, 0.15) is 4.21 Å². The third-order valence-corrected chi connectivity index (χ3v) is 9.88. The van der Waals surface area contributed by atoms with Gasteiger partial charge in [-0.25, -0.2) is 8.42 Å². The van der Waals surface area contributed by atoms with Crippen molar-refractivity contribution in [2.24, 2.45) is 17.7 Å². The molecule has 0 spiro atoms. The molecule has 1 unspecified atom stereocenters. The van der Waals surface area contributed by atoms with Crippen LogP contribution in [0.5, 0.6) is 0 Å². The fourth-order valence-electron chi connectivity index (χ4n) is 5.33. The molecule has 0 aliphatic heterocycles. The summed E-state index contributed by atoms with van der Waals surface area (Å²) in [5.74, 6) is 6.60. The highest BCUT2D eigenvalue weighted by atomic mass is 32.2. The zero-order valence-corrected chi connectivity index (χ0v) is 19.8. The molecule has 5 rings (SSSR count). The Bertz CT molecular complexity index is 1240. The lowest BCUT2D eigenvalue weighted by atomic mass is 9.93. The number of sulfonamides is 1. The number of anilines is 1. The monoisotopic (exact) mass is 481 g/mol. The van der Waals surface area contributed by atoms with Crippen molar-refractivity contribution in [3.8, 4) is 0 Å². The largest absolute Gasteiger partial charge is 0.326 e. The normalized spacial score (nSPS) is 22.1. The van der Waals surface area contributed by atoms with Crippen LogP contribution in [-0.2, 0) is 34.1 Å². The number of nitrogens with zero attached hydrogens (tertiary/aromatic N) is 1. The molecule has 1 aromatic heterocycles. The number of nitrogens with two attached hydrogens (primary N) is 1. The van der Waals surface area contributed by atoms with Gasteiger partial charge in [0.15, 0.2) is 0 Å². The number of thiophene rings is 1. The maximum atomic E-state index is 13.1. The van der Waals surface area contributed by atoms with Gasteiger partial charge >= 0.3 is 0 Å². The molecule has 0 radical (unpaired) electrons. The second-order valence-electron chi connectivity index (χ2n) is 8.96. The molecule has 2 aliphatic carbocycles. The maximum Gasteiger partial charge on any atom is 0.265 e. The van der Waals surface area contributed by atoms with Crippen LogP contribution in [0.3, 0.4) is 0 Å². The highest BCUT2D eigenvalue weighted by Gasteiger charge is 2.45. The number of benzene rings is 2. The van der Waals surface area contributed by atoms with Gasteiger partial charge in [-0.1, -0.05) is 42.5 Å². The van der Waals surface area contributed by atoms with Gasteiger partial charge in [0.05, 0.1) is 6.42 Å². The Labute approximate surface area is 198 Å². The van der Waals surface area contributed by atoms with Crippen LogP contribution in [-0.4, -0.2) is 24.8 Å². The molecule has 3 aromatic rings. The summed E-state index contributed by atoms with van der Waals surface area (Å²) < 4.78 is 27.6. The van der Waals surface area contributed by atoms with Gasteiger partial charge in [0.2, 0.25) is 5.91 Å². The first-order valence-electron chi connectivity index (χ1n) is 11.2. The van der Waals surface area contributed by atoms with E-state index in [0.29, 0.717) is 6.42 Å². The lowest BCUT2D eigenvalue weighted by molar-refractivity contribution is -0.115. The summed E-state index contributed by atoms with van der Waals surface area (Å²) in [4.78, 5) is 12.5. The Morgan fingerprint density at radius 2 is 1.73 bits per heavy atom. The Morgan fingerprint density at radius 1 is 1.00 bits per heavy atom. The minimum absolute atomic E-state index is 0.0515. The number of hydrazine groups is 1. The molecule has 6 nitrogen and oxygen atoms in total. The third kappa shape index (κ3) is 4.48. The van der Waals surface area contributed by atoms with Crippen LogP contribution in [0.15, 0.2) is 70.3 Å². The highest BCUT2D eigenvalue weighted by Crippen LogP contribution is 2.43. The standard InChI is InChI=1S/C25H27N3O3S2/c26-28(33(30,31)24-7-4-12-32-24)25-19-8-9-20(25)15-21-16-22(11-10-18(21)14-19)27-23(29)13-17-5-2-1-3-6-17/h1-7,10-12,16,19-20,25H,8-9,13-15,26H2,(H,27,29)/t19?,20-,25+/m0/s1. The minimum Gasteiger partial charge on any atom is -0.326 e. The number of carbonyl (C=O) groups is 1. The molecule has 8 heteroatoms. The van der Waals surface area contributed by atoms with E-state index in [4.69, 9.17) is 5.84 Å². The van der Waals surface area contributed by atoms with E-state index in [2.05, 4.69) is 11.4 Å². The summed E-state index contributed by atoms with van der Waals surface area (Å²) in [6, 6.07) is 18.8. The predicted molar refractivity (Wildman–Crippen MR) is 130 cm³/mol. The summed E-state index contributed by atoms with van der Waals surface area (Å²) in [7, 11) is -3.71.